The number of aryl methyl sites for hydroxylation is 1. The quantitative estimate of drug-likeness (QED) is 0.563. The number of hydrogen-bond donors (Lipinski definition) is 2. The van der Waals surface area contributed by atoms with Crippen molar-refractivity contribution >= 4 is 21.7 Å². The van der Waals surface area contributed by atoms with Crippen LogP contribution in [0.2, 0.25) is 0 Å². The monoisotopic (exact) mass is 395 g/mol. The van der Waals surface area contributed by atoms with E-state index in [9.17, 15) is 8.42 Å². The molecule has 0 atom stereocenters. The van der Waals surface area contributed by atoms with Crippen molar-refractivity contribution in [2.45, 2.75) is 33.2 Å². The molecular weight excluding hydrogens is 362 g/mol. The standard InChI is InChI=1S/C19H33N5O2S/c1-6-20-18(21-15-19(3,4)22-27(5,25)26)24-12-10-23(11-13-24)17-9-7-8-16(2)14-17/h7-9,14,22H,6,10-13,15H2,1-5H3,(H,20,21). The summed E-state index contributed by atoms with van der Waals surface area (Å²) < 4.78 is 25.7. The lowest BCUT2D eigenvalue weighted by atomic mass is 10.1. The number of piperazine rings is 1. The molecule has 1 heterocycles. The molecule has 1 saturated heterocycles. The zero-order valence-electron chi connectivity index (χ0n) is 17.1. The lowest BCUT2D eigenvalue weighted by Gasteiger charge is -2.38. The third-order valence-electron chi connectivity index (χ3n) is 4.37. The topological polar surface area (TPSA) is 77.0 Å². The molecule has 1 aliphatic rings. The molecule has 27 heavy (non-hydrogen) atoms. The number of nitrogens with one attached hydrogen (secondary N) is 2. The maximum Gasteiger partial charge on any atom is 0.209 e. The second-order valence-corrected chi connectivity index (χ2v) is 9.49. The van der Waals surface area contributed by atoms with Crippen molar-refractivity contribution in [2.75, 3.05) is 50.4 Å². The molecule has 2 rings (SSSR count). The summed E-state index contributed by atoms with van der Waals surface area (Å²) in [5.41, 5.74) is 1.90. The third kappa shape index (κ3) is 7.03. The second kappa shape index (κ2) is 8.93. The van der Waals surface area contributed by atoms with E-state index in [0.717, 1.165) is 38.7 Å². The Morgan fingerprint density at radius 2 is 1.89 bits per heavy atom. The number of benzene rings is 1. The highest BCUT2D eigenvalue weighted by atomic mass is 32.2. The molecule has 0 unspecified atom stereocenters. The van der Waals surface area contributed by atoms with Crippen LogP contribution in [0.25, 0.3) is 0 Å². The molecule has 1 aromatic rings. The zero-order chi connectivity index (χ0) is 20.1. The molecule has 1 aromatic carbocycles. The number of hydrogen-bond acceptors (Lipinski definition) is 4. The molecule has 7 nitrogen and oxygen atoms in total. The van der Waals surface area contributed by atoms with Gasteiger partial charge in [0.2, 0.25) is 10.0 Å². The Morgan fingerprint density at radius 3 is 2.44 bits per heavy atom. The predicted molar refractivity (Wildman–Crippen MR) is 113 cm³/mol. The summed E-state index contributed by atoms with van der Waals surface area (Å²) in [5.74, 6) is 0.838. The van der Waals surface area contributed by atoms with E-state index in [0.29, 0.717) is 6.54 Å². The minimum Gasteiger partial charge on any atom is -0.368 e. The molecule has 8 heteroatoms. The van der Waals surface area contributed by atoms with Crippen molar-refractivity contribution in [1.82, 2.24) is 14.9 Å². The van der Waals surface area contributed by atoms with Crippen molar-refractivity contribution in [3.05, 3.63) is 29.8 Å². The van der Waals surface area contributed by atoms with Gasteiger partial charge in [0.05, 0.1) is 12.8 Å². The summed E-state index contributed by atoms with van der Waals surface area (Å²) in [4.78, 5) is 9.32. The van der Waals surface area contributed by atoms with Gasteiger partial charge in [-0.05, 0) is 45.4 Å². The Hall–Kier alpha value is -1.80. The van der Waals surface area contributed by atoms with Gasteiger partial charge in [0, 0.05) is 44.0 Å². The zero-order valence-corrected chi connectivity index (χ0v) is 17.9. The van der Waals surface area contributed by atoms with Gasteiger partial charge in [-0.2, -0.15) is 0 Å². The van der Waals surface area contributed by atoms with Crippen molar-refractivity contribution in [3.8, 4) is 0 Å². The average Bonchev–Trinajstić information content (AvgIpc) is 2.57. The molecule has 0 amide bonds. The Balaban J connectivity index is 2.01. The fourth-order valence-electron chi connectivity index (χ4n) is 3.23. The van der Waals surface area contributed by atoms with Crippen LogP contribution in [0.5, 0.6) is 0 Å². The van der Waals surface area contributed by atoms with E-state index in [4.69, 9.17) is 4.99 Å². The summed E-state index contributed by atoms with van der Waals surface area (Å²) in [7, 11) is -3.27. The van der Waals surface area contributed by atoms with Gasteiger partial charge >= 0.3 is 0 Å². The summed E-state index contributed by atoms with van der Waals surface area (Å²) in [6, 6.07) is 8.58. The molecule has 0 radical (unpaired) electrons. The SMILES string of the molecule is CCNC(=NCC(C)(C)NS(C)(=O)=O)N1CCN(c2cccc(C)c2)CC1. The Morgan fingerprint density at radius 1 is 1.22 bits per heavy atom. The Bertz CT molecular complexity index is 753. The van der Waals surface area contributed by atoms with Crippen LogP contribution in [-0.4, -0.2) is 70.3 Å². The average molecular weight is 396 g/mol. The van der Waals surface area contributed by atoms with Crippen molar-refractivity contribution in [1.29, 1.82) is 0 Å². The molecule has 0 aromatic heterocycles. The Kier molecular flexibility index (Phi) is 7.11. The fourth-order valence-corrected chi connectivity index (χ4v) is 4.30. The summed E-state index contributed by atoms with van der Waals surface area (Å²) in [5, 5.41) is 3.33. The van der Waals surface area contributed by atoms with E-state index in [1.165, 1.54) is 17.5 Å². The first-order chi connectivity index (χ1) is 12.6. The van der Waals surface area contributed by atoms with Crippen LogP contribution in [0, 0.1) is 6.92 Å². The van der Waals surface area contributed by atoms with Gasteiger partial charge in [0.25, 0.3) is 0 Å². The summed E-state index contributed by atoms with van der Waals surface area (Å²) in [6.07, 6.45) is 1.17. The van der Waals surface area contributed by atoms with Gasteiger partial charge in [-0.1, -0.05) is 12.1 Å². The van der Waals surface area contributed by atoms with Crippen LogP contribution in [-0.2, 0) is 10.0 Å². The van der Waals surface area contributed by atoms with Crippen LogP contribution in [0.3, 0.4) is 0 Å². The first-order valence-corrected chi connectivity index (χ1v) is 11.3. The maximum absolute atomic E-state index is 11.5. The smallest absolute Gasteiger partial charge is 0.209 e. The third-order valence-corrected chi connectivity index (χ3v) is 5.29. The first kappa shape index (κ1) is 21.5. The van der Waals surface area contributed by atoms with Crippen molar-refractivity contribution in [3.63, 3.8) is 0 Å². The van der Waals surface area contributed by atoms with Crippen LogP contribution < -0.4 is 14.9 Å². The van der Waals surface area contributed by atoms with Crippen LogP contribution in [0.1, 0.15) is 26.3 Å². The largest absolute Gasteiger partial charge is 0.368 e. The van der Waals surface area contributed by atoms with Gasteiger partial charge in [0.1, 0.15) is 0 Å². The van der Waals surface area contributed by atoms with Gasteiger partial charge in [-0.3, -0.25) is 4.99 Å². The van der Waals surface area contributed by atoms with Gasteiger partial charge in [-0.25, -0.2) is 13.1 Å². The summed E-state index contributed by atoms with van der Waals surface area (Å²) in [6.45, 7) is 12.6. The fraction of sp³-hybridized carbons (Fsp3) is 0.632. The minimum atomic E-state index is -3.27. The summed E-state index contributed by atoms with van der Waals surface area (Å²) >= 11 is 0. The second-order valence-electron chi connectivity index (χ2n) is 7.74. The number of aliphatic imine (C=N–C) groups is 1. The van der Waals surface area contributed by atoms with E-state index >= 15 is 0 Å². The highest BCUT2D eigenvalue weighted by Gasteiger charge is 2.24. The van der Waals surface area contributed by atoms with Crippen molar-refractivity contribution < 1.29 is 8.42 Å². The van der Waals surface area contributed by atoms with Crippen LogP contribution in [0.15, 0.2) is 29.3 Å². The molecule has 1 aliphatic heterocycles. The van der Waals surface area contributed by atoms with Gasteiger partial charge in [-0.15, -0.1) is 0 Å². The highest BCUT2D eigenvalue weighted by molar-refractivity contribution is 7.88. The van der Waals surface area contributed by atoms with Gasteiger partial charge < -0.3 is 15.1 Å². The normalized spacial score (nSPS) is 16.6. The van der Waals surface area contributed by atoms with E-state index in [-0.39, 0.29) is 0 Å². The first-order valence-electron chi connectivity index (χ1n) is 9.43. The number of nitrogens with zero attached hydrogens (tertiary/aromatic N) is 3. The van der Waals surface area contributed by atoms with Crippen LogP contribution >= 0.6 is 0 Å². The minimum absolute atomic E-state index is 0.375. The molecule has 152 valence electrons. The lowest BCUT2D eigenvalue weighted by molar-refractivity contribution is 0.369. The molecule has 1 fully saturated rings. The number of anilines is 1. The molecular formula is C19H33N5O2S. The predicted octanol–water partition coefficient (Wildman–Crippen LogP) is 1.41. The number of sulfonamides is 1. The van der Waals surface area contributed by atoms with E-state index in [1.807, 2.05) is 20.8 Å². The lowest BCUT2D eigenvalue weighted by Crippen LogP contribution is -2.53. The number of guanidine groups is 1. The Labute approximate surface area is 163 Å². The highest BCUT2D eigenvalue weighted by Crippen LogP contribution is 2.18. The molecule has 0 aliphatic carbocycles. The number of rotatable bonds is 6. The molecule has 0 saturated carbocycles. The van der Waals surface area contributed by atoms with Gasteiger partial charge in [0.15, 0.2) is 5.96 Å². The molecule has 0 bridgehead atoms. The van der Waals surface area contributed by atoms with Crippen LogP contribution in [0.4, 0.5) is 5.69 Å². The van der Waals surface area contributed by atoms with E-state index in [1.54, 1.807) is 0 Å². The van der Waals surface area contributed by atoms with E-state index < -0.39 is 15.6 Å². The van der Waals surface area contributed by atoms with E-state index in [2.05, 4.69) is 51.0 Å². The maximum atomic E-state index is 11.5. The molecule has 0 spiro atoms. The van der Waals surface area contributed by atoms with Crippen molar-refractivity contribution in [2.24, 2.45) is 4.99 Å². The molecule has 2 N–H and O–H groups in total.